The Morgan fingerprint density at radius 3 is 2.50 bits per heavy atom. The van der Waals surface area contributed by atoms with Crippen molar-refractivity contribution in [1.29, 1.82) is 0 Å². The monoisotopic (exact) mass is 345 g/mol. The number of hydrogen-bond donors (Lipinski definition) is 1. The second-order valence-electron chi connectivity index (χ2n) is 5.72. The summed E-state index contributed by atoms with van der Waals surface area (Å²) < 4.78 is 30.5. The van der Waals surface area contributed by atoms with Crippen LogP contribution >= 0.6 is 0 Å². The molecule has 2 aromatic carbocycles. The Hall–Kier alpha value is -2.18. The molecule has 0 saturated carbocycles. The highest BCUT2D eigenvalue weighted by Crippen LogP contribution is 2.23. The first-order valence-corrected chi connectivity index (χ1v) is 9.50. The summed E-state index contributed by atoms with van der Waals surface area (Å²) in [5, 5.41) is 2.80. The van der Waals surface area contributed by atoms with Gasteiger partial charge in [0.1, 0.15) is 6.10 Å². The van der Waals surface area contributed by atoms with Crippen molar-refractivity contribution in [3.63, 3.8) is 0 Å². The van der Waals surface area contributed by atoms with Gasteiger partial charge in [0.25, 0.3) is 5.91 Å². The van der Waals surface area contributed by atoms with E-state index in [0.29, 0.717) is 24.3 Å². The van der Waals surface area contributed by atoms with E-state index >= 15 is 0 Å². The van der Waals surface area contributed by atoms with E-state index in [4.69, 9.17) is 4.74 Å². The highest BCUT2D eigenvalue weighted by atomic mass is 32.2. The van der Waals surface area contributed by atoms with Gasteiger partial charge in [0.2, 0.25) is 0 Å². The molecule has 0 spiro atoms. The maximum Gasteiger partial charge on any atom is 0.253 e. The molecule has 0 unspecified atom stereocenters. The van der Waals surface area contributed by atoms with Gasteiger partial charge in [0, 0.05) is 12.3 Å². The van der Waals surface area contributed by atoms with Gasteiger partial charge in [-0.2, -0.15) is 0 Å². The zero-order valence-electron chi connectivity index (χ0n) is 13.1. The normalized spacial score (nSPS) is 17.6. The van der Waals surface area contributed by atoms with E-state index in [1.165, 1.54) is 0 Å². The van der Waals surface area contributed by atoms with Gasteiger partial charge in [0.05, 0.1) is 10.6 Å². The van der Waals surface area contributed by atoms with Crippen LogP contribution in [0.3, 0.4) is 0 Å². The number of para-hydroxylation sites is 1. The van der Waals surface area contributed by atoms with Crippen LogP contribution in [0.5, 0.6) is 0 Å². The number of hydrogen-bond acceptors (Lipinski definition) is 4. The Morgan fingerprint density at radius 1 is 1.08 bits per heavy atom. The zero-order valence-corrected chi connectivity index (χ0v) is 14.0. The smallest absolute Gasteiger partial charge is 0.253 e. The standard InChI is InChI=1S/C18H19NO4S/c20-18(17-11-6-12-23-17)19-16-10-5-4-7-14(16)13-24(21,22)15-8-2-1-3-9-15/h1-5,7-10,17H,6,11-13H2,(H,19,20)/t17-/m0/s1. The molecule has 2 aromatic rings. The van der Waals surface area contributed by atoms with Crippen LogP contribution in [0.25, 0.3) is 0 Å². The number of anilines is 1. The molecule has 1 saturated heterocycles. The molecule has 1 atom stereocenters. The van der Waals surface area contributed by atoms with Crippen molar-refractivity contribution in [2.24, 2.45) is 0 Å². The molecule has 6 heteroatoms. The van der Waals surface area contributed by atoms with Crippen molar-refractivity contribution in [3.8, 4) is 0 Å². The first-order chi connectivity index (χ1) is 11.6. The van der Waals surface area contributed by atoms with Crippen LogP contribution in [0.15, 0.2) is 59.5 Å². The summed E-state index contributed by atoms with van der Waals surface area (Å²) in [7, 11) is -3.47. The van der Waals surface area contributed by atoms with Crippen LogP contribution in [0.1, 0.15) is 18.4 Å². The minimum Gasteiger partial charge on any atom is -0.368 e. The minimum absolute atomic E-state index is 0.168. The largest absolute Gasteiger partial charge is 0.368 e. The Bertz CT molecular complexity index is 812. The molecule has 126 valence electrons. The van der Waals surface area contributed by atoms with Crippen LogP contribution in [-0.2, 0) is 25.1 Å². The van der Waals surface area contributed by atoms with Gasteiger partial charge in [-0.3, -0.25) is 4.79 Å². The van der Waals surface area contributed by atoms with Crippen molar-refractivity contribution in [3.05, 3.63) is 60.2 Å². The van der Waals surface area contributed by atoms with Crippen molar-refractivity contribution >= 4 is 21.4 Å². The number of carbonyl (C=O) groups excluding carboxylic acids is 1. The maximum atomic E-state index is 12.6. The highest BCUT2D eigenvalue weighted by Gasteiger charge is 2.25. The lowest BCUT2D eigenvalue weighted by molar-refractivity contribution is -0.124. The number of carbonyl (C=O) groups is 1. The number of amides is 1. The average molecular weight is 345 g/mol. The summed E-state index contributed by atoms with van der Waals surface area (Å²) in [5.41, 5.74) is 1.07. The van der Waals surface area contributed by atoms with E-state index in [0.717, 1.165) is 6.42 Å². The molecule has 1 N–H and O–H groups in total. The maximum absolute atomic E-state index is 12.6. The highest BCUT2D eigenvalue weighted by molar-refractivity contribution is 7.90. The fourth-order valence-corrected chi connectivity index (χ4v) is 4.08. The number of rotatable bonds is 5. The topological polar surface area (TPSA) is 72.5 Å². The van der Waals surface area contributed by atoms with E-state index < -0.39 is 15.9 Å². The predicted octanol–water partition coefficient (Wildman–Crippen LogP) is 2.78. The first kappa shape index (κ1) is 16.7. The fourth-order valence-electron chi connectivity index (χ4n) is 2.68. The van der Waals surface area contributed by atoms with E-state index in [1.807, 2.05) is 0 Å². The van der Waals surface area contributed by atoms with Crippen molar-refractivity contribution in [2.45, 2.75) is 29.6 Å². The third-order valence-electron chi connectivity index (χ3n) is 3.95. The Morgan fingerprint density at radius 2 is 1.79 bits per heavy atom. The van der Waals surface area contributed by atoms with E-state index in [9.17, 15) is 13.2 Å². The number of ether oxygens (including phenoxy) is 1. The Labute approximate surface area is 141 Å². The lowest BCUT2D eigenvalue weighted by Crippen LogP contribution is -2.27. The second kappa shape index (κ2) is 7.15. The van der Waals surface area contributed by atoms with Crippen molar-refractivity contribution in [1.82, 2.24) is 0 Å². The molecule has 3 rings (SSSR count). The summed E-state index contributed by atoms with van der Waals surface area (Å²) in [6.45, 7) is 0.585. The summed E-state index contributed by atoms with van der Waals surface area (Å²) in [6.07, 6.45) is 1.10. The Kier molecular flexibility index (Phi) is 4.97. The van der Waals surface area contributed by atoms with Gasteiger partial charge in [-0.15, -0.1) is 0 Å². The number of sulfone groups is 1. The molecule has 0 radical (unpaired) electrons. The van der Waals surface area contributed by atoms with Crippen LogP contribution in [0, 0.1) is 0 Å². The summed E-state index contributed by atoms with van der Waals surface area (Å²) in [4.78, 5) is 12.5. The lowest BCUT2D eigenvalue weighted by Gasteiger charge is -2.14. The van der Waals surface area contributed by atoms with E-state index in [1.54, 1.807) is 54.6 Å². The van der Waals surface area contributed by atoms with Gasteiger partial charge < -0.3 is 10.1 Å². The van der Waals surface area contributed by atoms with Crippen molar-refractivity contribution in [2.75, 3.05) is 11.9 Å². The molecular formula is C18H19NO4S. The Balaban J connectivity index is 1.80. The van der Waals surface area contributed by atoms with Crippen LogP contribution in [0.2, 0.25) is 0 Å². The second-order valence-corrected chi connectivity index (χ2v) is 7.71. The third-order valence-corrected chi connectivity index (χ3v) is 5.63. The summed E-state index contributed by atoms with van der Waals surface area (Å²) in [5.74, 6) is -0.393. The van der Waals surface area contributed by atoms with Crippen LogP contribution in [-0.4, -0.2) is 27.0 Å². The van der Waals surface area contributed by atoms with Gasteiger partial charge in [0.15, 0.2) is 9.84 Å². The fraction of sp³-hybridized carbons (Fsp3) is 0.278. The molecule has 1 amide bonds. The van der Waals surface area contributed by atoms with E-state index in [2.05, 4.69) is 5.32 Å². The molecule has 1 aliphatic heterocycles. The first-order valence-electron chi connectivity index (χ1n) is 7.84. The molecule has 1 aliphatic rings. The number of nitrogens with one attached hydrogen (secondary N) is 1. The quantitative estimate of drug-likeness (QED) is 0.904. The molecule has 24 heavy (non-hydrogen) atoms. The van der Waals surface area contributed by atoms with E-state index in [-0.39, 0.29) is 16.6 Å². The summed E-state index contributed by atoms with van der Waals surface area (Å²) >= 11 is 0. The molecular weight excluding hydrogens is 326 g/mol. The van der Waals surface area contributed by atoms with Crippen LogP contribution < -0.4 is 5.32 Å². The average Bonchev–Trinajstić information content (AvgIpc) is 3.12. The SMILES string of the molecule is O=C(Nc1ccccc1CS(=O)(=O)c1ccccc1)[C@@H]1CCCO1. The zero-order chi connectivity index (χ0) is 17.0. The molecule has 5 nitrogen and oxygen atoms in total. The molecule has 1 heterocycles. The van der Waals surface area contributed by atoms with Gasteiger partial charge in [-0.05, 0) is 36.6 Å². The molecule has 0 aromatic heterocycles. The molecule has 1 fully saturated rings. The third kappa shape index (κ3) is 3.83. The van der Waals surface area contributed by atoms with Gasteiger partial charge in [-0.25, -0.2) is 8.42 Å². The number of benzene rings is 2. The van der Waals surface area contributed by atoms with Gasteiger partial charge in [-0.1, -0.05) is 36.4 Å². The minimum atomic E-state index is -3.47. The molecule has 0 aliphatic carbocycles. The lowest BCUT2D eigenvalue weighted by atomic mass is 10.2. The van der Waals surface area contributed by atoms with Crippen LogP contribution in [0.4, 0.5) is 5.69 Å². The van der Waals surface area contributed by atoms with Gasteiger partial charge >= 0.3 is 0 Å². The van der Waals surface area contributed by atoms with Crippen molar-refractivity contribution < 1.29 is 17.9 Å². The summed E-state index contributed by atoms with van der Waals surface area (Å²) in [6, 6.07) is 15.3. The molecule has 0 bridgehead atoms. The predicted molar refractivity (Wildman–Crippen MR) is 91.4 cm³/mol.